The average Bonchev–Trinajstić information content (AvgIpc) is 2.69. The summed E-state index contributed by atoms with van der Waals surface area (Å²) in [6.45, 7) is 4.83. The lowest BCUT2D eigenvalue weighted by molar-refractivity contribution is -0.139. The summed E-state index contributed by atoms with van der Waals surface area (Å²) in [5, 5.41) is 10.3. The molecule has 1 spiro atoms. The third kappa shape index (κ3) is 4.14. The van der Waals surface area contributed by atoms with E-state index >= 15 is 0 Å². The molecule has 2 fully saturated rings. The first-order chi connectivity index (χ1) is 13.2. The normalized spacial score (nSPS) is 24.0. The number of aromatic nitrogens is 1. The quantitative estimate of drug-likeness (QED) is 0.883. The van der Waals surface area contributed by atoms with Crippen LogP contribution in [0.2, 0.25) is 0 Å². The van der Waals surface area contributed by atoms with Gasteiger partial charge in [0, 0.05) is 56.2 Å². The Morgan fingerprint density at radius 2 is 2.11 bits per heavy atom. The van der Waals surface area contributed by atoms with Gasteiger partial charge < -0.3 is 10.0 Å². The minimum Gasteiger partial charge on any atom is -0.396 e. The van der Waals surface area contributed by atoms with Crippen molar-refractivity contribution < 1.29 is 9.90 Å². The SMILES string of the molecule is O=C1CC[C@@]2(CCCN(Cc3ccc4ncccc4c3)C2)CN1CCCO. The van der Waals surface area contributed by atoms with Gasteiger partial charge in [0.2, 0.25) is 5.91 Å². The first-order valence-corrected chi connectivity index (χ1v) is 10.1. The summed E-state index contributed by atoms with van der Waals surface area (Å²) in [5.41, 5.74) is 2.60. The summed E-state index contributed by atoms with van der Waals surface area (Å²) in [5.74, 6) is 0.258. The van der Waals surface area contributed by atoms with E-state index in [9.17, 15) is 4.79 Å². The van der Waals surface area contributed by atoms with Crippen molar-refractivity contribution in [3.05, 3.63) is 42.1 Å². The lowest BCUT2D eigenvalue weighted by atomic mass is 9.73. The van der Waals surface area contributed by atoms with Crippen molar-refractivity contribution in [2.45, 2.75) is 38.6 Å². The largest absolute Gasteiger partial charge is 0.396 e. The zero-order valence-corrected chi connectivity index (χ0v) is 15.9. The van der Waals surface area contributed by atoms with Gasteiger partial charge in [-0.25, -0.2) is 0 Å². The molecule has 1 aromatic carbocycles. The minimum absolute atomic E-state index is 0.153. The molecule has 1 amide bonds. The van der Waals surface area contributed by atoms with Crippen LogP contribution in [0.15, 0.2) is 36.5 Å². The van der Waals surface area contributed by atoms with Crippen LogP contribution >= 0.6 is 0 Å². The smallest absolute Gasteiger partial charge is 0.222 e. The zero-order valence-electron chi connectivity index (χ0n) is 15.9. The molecule has 0 radical (unpaired) electrons. The number of pyridine rings is 1. The van der Waals surface area contributed by atoms with E-state index in [2.05, 4.69) is 34.1 Å². The predicted octanol–water partition coefficient (Wildman–Crippen LogP) is 2.82. The predicted molar refractivity (Wildman–Crippen MR) is 106 cm³/mol. The first kappa shape index (κ1) is 18.4. The minimum atomic E-state index is 0.153. The van der Waals surface area contributed by atoms with E-state index in [0.717, 1.165) is 38.1 Å². The van der Waals surface area contributed by atoms with E-state index in [4.69, 9.17) is 5.11 Å². The molecule has 2 aliphatic heterocycles. The molecular weight excluding hydrogens is 338 g/mol. The highest BCUT2D eigenvalue weighted by Crippen LogP contribution is 2.39. The zero-order chi connectivity index (χ0) is 18.7. The van der Waals surface area contributed by atoms with Gasteiger partial charge in [0.25, 0.3) is 0 Å². The first-order valence-electron chi connectivity index (χ1n) is 10.1. The van der Waals surface area contributed by atoms with Crippen LogP contribution in [0.1, 0.15) is 37.7 Å². The summed E-state index contributed by atoms with van der Waals surface area (Å²) in [7, 11) is 0. The van der Waals surface area contributed by atoms with E-state index in [0.29, 0.717) is 19.4 Å². The third-order valence-electron chi connectivity index (χ3n) is 6.15. The number of rotatable bonds is 5. The maximum atomic E-state index is 12.2. The molecule has 4 rings (SSSR count). The molecule has 144 valence electrons. The number of carbonyl (C=O) groups excluding carboxylic acids is 1. The standard InChI is InChI=1S/C22H29N3O2/c26-13-3-12-25-17-22(9-7-21(25)27)8-2-11-24(16-22)15-18-5-6-20-19(14-18)4-1-10-23-20/h1,4-6,10,14,26H,2-3,7-9,11-13,15-17H2/t22-/m1/s1. The molecule has 2 saturated heterocycles. The molecule has 27 heavy (non-hydrogen) atoms. The fourth-order valence-corrected chi connectivity index (χ4v) is 4.83. The second kappa shape index (κ2) is 7.95. The molecule has 1 atom stereocenters. The van der Waals surface area contributed by atoms with Gasteiger partial charge in [0.15, 0.2) is 0 Å². The molecule has 0 saturated carbocycles. The maximum absolute atomic E-state index is 12.2. The Balaban J connectivity index is 1.44. The van der Waals surface area contributed by atoms with Crippen LogP contribution in [0.3, 0.4) is 0 Å². The van der Waals surface area contributed by atoms with Gasteiger partial charge in [-0.15, -0.1) is 0 Å². The van der Waals surface area contributed by atoms with Gasteiger partial charge in [-0.2, -0.15) is 0 Å². The Morgan fingerprint density at radius 1 is 1.19 bits per heavy atom. The van der Waals surface area contributed by atoms with Crippen LogP contribution in [-0.4, -0.2) is 58.6 Å². The van der Waals surface area contributed by atoms with Crippen molar-refractivity contribution in [3.8, 4) is 0 Å². The molecule has 2 aliphatic rings. The van der Waals surface area contributed by atoms with Gasteiger partial charge in [0.05, 0.1) is 5.52 Å². The Morgan fingerprint density at radius 3 is 3.00 bits per heavy atom. The molecule has 0 unspecified atom stereocenters. The van der Waals surface area contributed by atoms with Crippen LogP contribution < -0.4 is 0 Å². The van der Waals surface area contributed by atoms with Gasteiger partial charge in [-0.3, -0.25) is 14.7 Å². The molecule has 1 N–H and O–H groups in total. The highest BCUT2D eigenvalue weighted by Gasteiger charge is 2.41. The molecular formula is C22H29N3O2. The molecule has 5 heteroatoms. The average molecular weight is 367 g/mol. The summed E-state index contributed by atoms with van der Waals surface area (Å²) in [6.07, 6.45) is 6.56. The van der Waals surface area contributed by atoms with E-state index in [-0.39, 0.29) is 17.9 Å². The Bertz CT molecular complexity index is 809. The number of likely N-dealkylation sites (tertiary alicyclic amines) is 2. The number of carbonyl (C=O) groups is 1. The monoisotopic (exact) mass is 367 g/mol. The van der Waals surface area contributed by atoms with Crippen molar-refractivity contribution in [3.63, 3.8) is 0 Å². The van der Waals surface area contributed by atoms with Crippen molar-refractivity contribution in [1.82, 2.24) is 14.8 Å². The number of benzene rings is 1. The molecule has 3 heterocycles. The summed E-state index contributed by atoms with van der Waals surface area (Å²) >= 11 is 0. The fourth-order valence-electron chi connectivity index (χ4n) is 4.83. The van der Waals surface area contributed by atoms with Crippen LogP contribution in [0.4, 0.5) is 0 Å². The number of hydrogen-bond acceptors (Lipinski definition) is 4. The van der Waals surface area contributed by atoms with Crippen LogP contribution in [-0.2, 0) is 11.3 Å². The van der Waals surface area contributed by atoms with Crippen LogP contribution in [0.25, 0.3) is 10.9 Å². The maximum Gasteiger partial charge on any atom is 0.222 e. The van der Waals surface area contributed by atoms with Crippen LogP contribution in [0, 0.1) is 5.41 Å². The Kier molecular flexibility index (Phi) is 5.41. The fraction of sp³-hybridized carbons (Fsp3) is 0.545. The van der Waals surface area contributed by atoms with Crippen molar-refractivity contribution in [2.75, 3.05) is 32.8 Å². The van der Waals surface area contributed by atoms with E-state index in [1.165, 1.54) is 23.8 Å². The van der Waals surface area contributed by atoms with Crippen molar-refractivity contribution >= 4 is 16.8 Å². The molecule has 5 nitrogen and oxygen atoms in total. The third-order valence-corrected chi connectivity index (χ3v) is 6.15. The number of nitrogens with zero attached hydrogens (tertiary/aromatic N) is 3. The van der Waals surface area contributed by atoms with Gasteiger partial charge >= 0.3 is 0 Å². The summed E-state index contributed by atoms with van der Waals surface area (Å²) in [4.78, 5) is 21.2. The lowest BCUT2D eigenvalue weighted by Crippen LogP contribution is -2.54. The Labute approximate surface area is 161 Å². The van der Waals surface area contributed by atoms with Crippen molar-refractivity contribution in [1.29, 1.82) is 0 Å². The number of piperidine rings is 2. The molecule has 0 aliphatic carbocycles. The number of aliphatic hydroxyl groups excluding tert-OH is 1. The second-order valence-electron chi connectivity index (χ2n) is 8.24. The topological polar surface area (TPSA) is 56.7 Å². The van der Waals surface area contributed by atoms with E-state index in [1.807, 2.05) is 17.2 Å². The van der Waals surface area contributed by atoms with Crippen molar-refractivity contribution in [2.24, 2.45) is 5.41 Å². The number of aliphatic hydroxyl groups is 1. The number of amides is 1. The highest BCUT2D eigenvalue weighted by atomic mass is 16.3. The van der Waals surface area contributed by atoms with Gasteiger partial charge in [0.1, 0.15) is 0 Å². The highest BCUT2D eigenvalue weighted by molar-refractivity contribution is 5.79. The Hall–Kier alpha value is -1.98. The van der Waals surface area contributed by atoms with E-state index < -0.39 is 0 Å². The number of hydrogen-bond donors (Lipinski definition) is 1. The lowest BCUT2D eigenvalue weighted by Gasteiger charge is -2.48. The number of fused-ring (bicyclic) bond motifs is 1. The summed E-state index contributed by atoms with van der Waals surface area (Å²) < 4.78 is 0. The molecule has 1 aromatic heterocycles. The van der Waals surface area contributed by atoms with Crippen LogP contribution in [0.5, 0.6) is 0 Å². The second-order valence-corrected chi connectivity index (χ2v) is 8.24. The van der Waals surface area contributed by atoms with Gasteiger partial charge in [-0.05, 0) is 56.0 Å². The summed E-state index contributed by atoms with van der Waals surface area (Å²) in [6, 6.07) is 10.7. The molecule has 2 aromatic rings. The van der Waals surface area contributed by atoms with Gasteiger partial charge in [-0.1, -0.05) is 12.1 Å². The molecule has 0 bridgehead atoms. The van der Waals surface area contributed by atoms with E-state index in [1.54, 1.807) is 0 Å².